The zero-order valence-corrected chi connectivity index (χ0v) is 19.8. The van der Waals surface area contributed by atoms with Crippen molar-refractivity contribution in [1.29, 1.82) is 0 Å². The Kier molecular flexibility index (Phi) is 8.30. The van der Waals surface area contributed by atoms with Crippen molar-refractivity contribution in [2.45, 2.75) is 13.8 Å². The number of aromatic hydroxyl groups is 2. The lowest BCUT2D eigenvalue weighted by molar-refractivity contribution is -0.120. The number of ether oxygens (including phenoxy) is 3. The molecule has 0 unspecified atom stereocenters. The van der Waals surface area contributed by atoms with Gasteiger partial charge in [0.05, 0.1) is 38.6 Å². The number of hydrazone groups is 1. The molecule has 0 fully saturated rings. The summed E-state index contributed by atoms with van der Waals surface area (Å²) in [6.45, 7) is 2.86. The summed E-state index contributed by atoms with van der Waals surface area (Å²) < 4.78 is 16.1. The zero-order valence-electron chi connectivity index (χ0n) is 18.2. The Hall–Kier alpha value is -3.47. The van der Waals surface area contributed by atoms with Gasteiger partial charge < -0.3 is 29.7 Å². The van der Waals surface area contributed by atoms with Crippen molar-refractivity contribution in [3.63, 3.8) is 0 Å². The highest BCUT2D eigenvalue weighted by atomic mass is 79.9. The van der Waals surface area contributed by atoms with E-state index >= 15 is 0 Å². The van der Waals surface area contributed by atoms with E-state index in [1.54, 1.807) is 13.8 Å². The summed E-state index contributed by atoms with van der Waals surface area (Å²) in [7, 11) is 4.31. The van der Waals surface area contributed by atoms with Crippen LogP contribution in [0.1, 0.15) is 27.0 Å². The first-order chi connectivity index (χ1) is 15.2. The molecule has 11 heteroatoms. The molecule has 0 radical (unpaired) electrons. The lowest BCUT2D eigenvalue weighted by atomic mass is 10.0. The molecule has 0 aliphatic carbocycles. The number of nitrogens with one attached hydrogen (secondary N) is 2. The Morgan fingerprint density at radius 1 is 1.03 bits per heavy atom. The molecule has 2 amide bonds. The van der Waals surface area contributed by atoms with E-state index in [2.05, 4.69) is 31.8 Å². The number of carbonyl (C=O) groups excluding carboxylic acids is 2. The van der Waals surface area contributed by atoms with Gasteiger partial charge in [0.2, 0.25) is 5.75 Å². The maximum absolute atomic E-state index is 12.4. The first kappa shape index (κ1) is 24.8. The second-order valence-electron chi connectivity index (χ2n) is 6.56. The van der Waals surface area contributed by atoms with Crippen molar-refractivity contribution in [2.24, 2.45) is 5.10 Å². The van der Waals surface area contributed by atoms with Crippen LogP contribution in [0.25, 0.3) is 0 Å². The van der Waals surface area contributed by atoms with E-state index in [4.69, 9.17) is 14.2 Å². The maximum Gasteiger partial charge on any atom is 0.259 e. The van der Waals surface area contributed by atoms with Crippen LogP contribution >= 0.6 is 15.9 Å². The van der Waals surface area contributed by atoms with E-state index < -0.39 is 11.8 Å². The molecule has 0 saturated heterocycles. The number of halogens is 1. The fourth-order valence-corrected chi connectivity index (χ4v) is 3.30. The molecular formula is C21H24BrN3O7. The highest BCUT2D eigenvalue weighted by molar-refractivity contribution is 9.10. The summed E-state index contributed by atoms with van der Waals surface area (Å²) in [6.07, 6.45) is 1.25. The second-order valence-corrected chi connectivity index (χ2v) is 7.36. The van der Waals surface area contributed by atoms with Gasteiger partial charge in [0.25, 0.3) is 11.8 Å². The van der Waals surface area contributed by atoms with Crippen molar-refractivity contribution < 1.29 is 34.0 Å². The van der Waals surface area contributed by atoms with Crippen molar-refractivity contribution in [3.8, 4) is 28.7 Å². The number of benzene rings is 2. The molecule has 0 atom stereocenters. The van der Waals surface area contributed by atoms with Gasteiger partial charge in [-0.25, -0.2) is 5.43 Å². The van der Waals surface area contributed by atoms with Crippen LogP contribution in [0.2, 0.25) is 0 Å². The Balaban J connectivity index is 2.05. The SMILES string of the molecule is COc1cc(C(=O)NCC(=O)N/N=C\c2c(C)c(Br)c(O)c(C)c2O)cc(OC)c1OC. The predicted octanol–water partition coefficient (Wildman–Crippen LogP) is 2.38. The van der Waals surface area contributed by atoms with Crippen LogP contribution in [-0.4, -0.2) is 56.1 Å². The number of rotatable bonds is 8. The van der Waals surface area contributed by atoms with Gasteiger partial charge in [-0.15, -0.1) is 0 Å². The van der Waals surface area contributed by atoms with Gasteiger partial charge in [0.1, 0.15) is 11.5 Å². The van der Waals surface area contributed by atoms with Gasteiger partial charge in [0.15, 0.2) is 11.5 Å². The van der Waals surface area contributed by atoms with Crippen molar-refractivity contribution >= 4 is 34.0 Å². The maximum atomic E-state index is 12.4. The Morgan fingerprint density at radius 2 is 1.62 bits per heavy atom. The molecule has 0 bridgehead atoms. The quantitative estimate of drug-likeness (QED) is 0.316. The molecule has 0 saturated carbocycles. The summed E-state index contributed by atoms with van der Waals surface area (Å²) in [6, 6.07) is 2.92. The van der Waals surface area contributed by atoms with Gasteiger partial charge in [0, 0.05) is 16.7 Å². The molecule has 2 aromatic carbocycles. The van der Waals surface area contributed by atoms with E-state index in [0.717, 1.165) is 0 Å². The molecule has 0 heterocycles. The Morgan fingerprint density at radius 3 is 2.16 bits per heavy atom. The standard InChI is InChI=1S/C21H24BrN3O7/c1-10-13(18(27)11(2)19(28)17(10)22)8-24-25-16(26)9-23-21(29)12-6-14(30-3)20(32-5)15(7-12)31-4/h6-8,27-28H,9H2,1-5H3,(H,23,29)(H,25,26)/b24-8-. The number of phenols is 2. The number of carbonyl (C=O) groups is 2. The van der Waals surface area contributed by atoms with E-state index in [0.29, 0.717) is 32.8 Å². The first-order valence-electron chi connectivity index (χ1n) is 9.26. The molecule has 10 nitrogen and oxygen atoms in total. The van der Waals surface area contributed by atoms with Crippen LogP contribution in [0, 0.1) is 13.8 Å². The average Bonchev–Trinajstić information content (AvgIpc) is 2.80. The summed E-state index contributed by atoms with van der Waals surface area (Å²) >= 11 is 3.24. The van der Waals surface area contributed by atoms with E-state index in [9.17, 15) is 19.8 Å². The highest BCUT2D eigenvalue weighted by Gasteiger charge is 2.18. The summed E-state index contributed by atoms with van der Waals surface area (Å²) in [5, 5.41) is 26.4. The molecular weight excluding hydrogens is 486 g/mol. The number of phenolic OH excluding ortho intramolecular Hbond substituents is 2. The van der Waals surface area contributed by atoms with Crippen LogP contribution in [0.15, 0.2) is 21.7 Å². The number of amides is 2. The number of methoxy groups -OCH3 is 3. The van der Waals surface area contributed by atoms with Crippen molar-refractivity contribution in [3.05, 3.63) is 38.9 Å². The summed E-state index contributed by atoms with van der Waals surface area (Å²) in [5.74, 6) is -0.405. The van der Waals surface area contributed by atoms with Crippen LogP contribution < -0.4 is 25.0 Å². The molecule has 32 heavy (non-hydrogen) atoms. The summed E-state index contributed by atoms with van der Waals surface area (Å²) in [5.41, 5.74) is 3.62. The summed E-state index contributed by atoms with van der Waals surface area (Å²) in [4.78, 5) is 24.5. The minimum atomic E-state index is -0.589. The minimum Gasteiger partial charge on any atom is -0.507 e. The first-order valence-corrected chi connectivity index (χ1v) is 10.1. The van der Waals surface area contributed by atoms with E-state index in [1.165, 1.54) is 39.7 Å². The molecule has 0 aromatic heterocycles. The lowest BCUT2D eigenvalue weighted by Gasteiger charge is -2.14. The van der Waals surface area contributed by atoms with Gasteiger partial charge in [-0.2, -0.15) is 5.10 Å². The monoisotopic (exact) mass is 509 g/mol. The molecule has 0 aliphatic heterocycles. The fourth-order valence-electron chi connectivity index (χ4n) is 2.79. The molecule has 2 aromatic rings. The highest BCUT2D eigenvalue weighted by Crippen LogP contribution is 2.39. The predicted molar refractivity (Wildman–Crippen MR) is 121 cm³/mol. The Labute approximate surface area is 193 Å². The number of hydrogen-bond donors (Lipinski definition) is 4. The van der Waals surface area contributed by atoms with Gasteiger partial charge in [-0.1, -0.05) is 0 Å². The van der Waals surface area contributed by atoms with Crippen molar-refractivity contribution in [2.75, 3.05) is 27.9 Å². The third-order valence-electron chi connectivity index (χ3n) is 4.63. The van der Waals surface area contributed by atoms with E-state index in [1.807, 2.05) is 0 Å². The molecule has 0 aliphatic rings. The molecule has 0 spiro atoms. The number of nitrogens with zero attached hydrogens (tertiary/aromatic N) is 1. The second kappa shape index (κ2) is 10.7. The Bertz CT molecular complexity index is 1020. The molecule has 2 rings (SSSR count). The van der Waals surface area contributed by atoms with Gasteiger partial charge in [-0.05, 0) is 47.5 Å². The minimum absolute atomic E-state index is 0.0734. The molecule has 172 valence electrons. The van der Waals surface area contributed by atoms with Gasteiger partial charge in [-0.3, -0.25) is 9.59 Å². The number of hydrogen-bond acceptors (Lipinski definition) is 8. The topological polar surface area (TPSA) is 139 Å². The smallest absolute Gasteiger partial charge is 0.259 e. The molecule has 4 N–H and O–H groups in total. The third-order valence-corrected chi connectivity index (χ3v) is 5.60. The fraction of sp³-hybridized carbons (Fsp3) is 0.286. The van der Waals surface area contributed by atoms with Crippen LogP contribution in [0.4, 0.5) is 0 Å². The van der Waals surface area contributed by atoms with Gasteiger partial charge >= 0.3 is 0 Å². The zero-order chi connectivity index (χ0) is 24.0. The van der Waals surface area contributed by atoms with Crippen molar-refractivity contribution in [1.82, 2.24) is 10.7 Å². The third kappa shape index (κ3) is 5.22. The average molecular weight is 510 g/mol. The van der Waals surface area contributed by atoms with Crippen LogP contribution in [-0.2, 0) is 4.79 Å². The normalized spacial score (nSPS) is 10.7. The van der Waals surface area contributed by atoms with Crippen LogP contribution in [0.5, 0.6) is 28.7 Å². The van der Waals surface area contributed by atoms with E-state index in [-0.39, 0.29) is 29.2 Å². The lowest BCUT2D eigenvalue weighted by Crippen LogP contribution is -2.35. The van der Waals surface area contributed by atoms with Crippen LogP contribution in [0.3, 0.4) is 0 Å². The largest absolute Gasteiger partial charge is 0.507 e.